The average molecular weight is 224 g/mol. The molecular formula is C13H24N2O. The van der Waals surface area contributed by atoms with Gasteiger partial charge in [-0.1, -0.05) is 19.4 Å². The van der Waals surface area contributed by atoms with Crippen LogP contribution in [0.5, 0.6) is 0 Å². The Labute approximate surface area is 98.7 Å². The van der Waals surface area contributed by atoms with E-state index < -0.39 is 0 Å². The first-order valence-electron chi connectivity index (χ1n) is 6.22. The van der Waals surface area contributed by atoms with Crippen LogP contribution in [0.3, 0.4) is 0 Å². The maximum absolute atomic E-state index is 12.5. The fourth-order valence-corrected chi connectivity index (χ4v) is 2.52. The van der Waals surface area contributed by atoms with Crippen LogP contribution in [-0.4, -0.2) is 29.9 Å². The second-order valence-electron chi connectivity index (χ2n) is 4.96. The van der Waals surface area contributed by atoms with Gasteiger partial charge in [-0.05, 0) is 26.2 Å². The molecule has 0 aliphatic heterocycles. The number of nitrogens with zero attached hydrogens (tertiary/aromatic N) is 1. The molecule has 0 saturated heterocycles. The highest BCUT2D eigenvalue weighted by Crippen LogP contribution is 2.38. The molecule has 1 fully saturated rings. The van der Waals surface area contributed by atoms with Crippen LogP contribution >= 0.6 is 0 Å². The maximum Gasteiger partial charge on any atom is 0.230 e. The van der Waals surface area contributed by atoms with Crippen molar-refractivity contribution in [2.24, 2.45) is 11.1 Å². The predicted octanol–water partition coefficient (Wildman–Crippen LogP) is 1.93. The van der Waals surface area contributed by atoms with Crippen molar-refractivity contribution in [2.75, 3.05) is 13.1 Å². The number of carbonyl (C=O) groups excluding carboxylic acids is 1. The molecule has 1 rings (SSSR count). The Morgan fingerprint density at radius 2 is 2.38 bits per heavy atom. The Morgan fingerprint density at radius 1 is 1.69 bits per heavy atom. The van der Waals surface area contributed by atoms with Gasteiger partial charge in [0, 0.05) is 19.1 Å². The number of hydrogen-bond acceptors (Lipinski definition) is 2. The van der Waals surface area contributed by atoms with Crippen molar-refractivity contribution in [1.82, 2.24) is 4.90 Å². The number of carbonyl (C=O) groups is 1. The third-order valence-corrected chi connectivity index (χ3v) is 3.65. The summed E-state index contributed by atoms with van der Waals surface area (Å²) in [7, 11) is 0. The minimum Gasteiger partial charge on any atom is -0.338 e. The summed E-state index contributed by atoms with van der Waals surface area (Å²) in [6, 6.07) is 0.0178. The van der Waals surface area contributed by atoms with Crippen LogP contribution in [0.4, 0.5) is 0 Å². The molecule has 2 unspecified atom stereocenters. The van der Waals surface area contributed by atoms with Crippen molar-refractivity contribution in [3.8, 4) is 0 Å². The SMILES string of the molecule is C=CCN(CCC)C(=O)C1(C)CCCC1N. The lowest BCUT2D eigenvalue weighted by Crippen LogP contribution is -2.49. The lowest BCUT2D eigenvalue weighted by Gasteiger charge is -2.34. The van der Waals surface area contributed by atoms with Gasteiger partial charge in [0.25, 0.3) is 0 Å². The smallest absolute Gasteiger partial charge is 0.230 e. The van der Waals surface area contributed by atoms with Gasteiger partial charge >= 0.3 is 0 Å². The van der Waals surface area contributed by atoms with Crippen molar-refractivity contribution in [3.63, 3.8) is 0 Å². The minimum absolute atomic E-state index is 0.0178. The molecule has 3 heteroatoms. The van der Waals surface area contributed by atoms with Crippen LogP contribution in [0.1, 0.15) is 39.5 Å². The normalized spacial score (nSPS) is 29.1. The van der Waals surface area contributed by atoms with Gasteiger partial charge in [0.05, 0.1) is 5.41 Å². The summed E-state index contributed by atoms with van der Waals surface area (Å²) in [5, 5.41) is 0. The van der Waals surface area contributed by atoms with E-state index in [0.29, 0.717) is 6.54 Å². The topological polar surface area (TPSA) is 46.3 Å². The van der Waals surface area contributed by atoms with Gasteiger partial charge in [0.15, 0.2) is 0 Å². The maximum atomic E-state index is 12.5. The Hall–Kier alpha value is -0.830. The second kappa shape index (κ2) is 5.48. The van der Waals surface area contributed by atoms with Crippen LogP contribution in [0.2, 0.25) is 0 Å². The lowest BCUT2D eigenvalue weighted by molar-refractivity contribution is -0.141. The Morgan fingerprint density at radius 3 is 2.81 bits per heavy atom. The first-order chi connectivity index (χ1) is 7.56. The molecule has 0 heterocycles. The van der Waals surface area contributed by atoms with E-state index in [9.17, 15) is 4.79 Å². The summed E-state index contributed by atoms with van der Waals surface area (Å²) >= 11 is 0. The van der Waals surface area contributed by atoms with E-state index in [1.165, 1.54) is 0 Å². The number of nitrogens with two attached hydrogens (primary N) is 1. The third kappa shape index (κ3) is 2.46. The number of hydrogen-bond donors (Lipinski definition) is 1. The molecule has 1 aliphatic carbocycles. The predicted molar refractivity (Wildman–Crippen MR) is 67.0 cm³/mol. The summed E-state index contributed by atoms with van der Waals surface area (Å²) in [6.45, 7) is 9.24. The highest BCUT2D eigenvalue weighted by atomic mass is 16.2. The molecule has 16 heavy (non-hydrogen) atoms. The first-order valence-corrected chi connectivity index (χ1v) is 6.22. The summed E-state index contributed by atoms with van der Waals surface area (Å²) in [4.78, 5) is 14.3. The van der Waals surface area contributed by atoms with Gasteiger partial charge < -0.3 is 10.6 Å². The van der Waals surface area contributed by atoms with Crippen molar-refractivity contribution < 1.29 is 4.79 Å². The Bertz CT molecular complexity index is 265. The fourth-order valence-electron chi connectivity index (χ4n) is 2.52. The molecule has 0 aromatic heterocycles. The Kier molecular flexibility index (Phi) is 4.54. The molecule has 1 amide bonds. The average Bonchev–Trinajstić information content (AvgIpc) is 2.59. The van der Waals surface area contributed by atoms with Gasteiger partial charge in [-0.2, -0.15) is 0 Å². The van der Waals surface area contributed by atoms with Gasteiger partial charge in [-0.25, -0.2) is 0 Å². The van der Waals surface area contributed by atoms with Gasteiger partial charge in [0.2, 0.25) is 5.91 Å². The summed E-state index contributed by atoms with van der Waals surface area (Å²) < 4.78 is 0. The van der Waals surface area contributed by atoms with Gasteiger partial charge in [-0.15, -0.1) is 6.58 Å². The highest BCUT2D eigenvalue weighted by molar-refractivity contribution is 5.83. The van der Waals surface area contributed by atoms with Gasteiger partial charge in [0.1, 0.15) is 0 Å². The van der Waals surface area contributed by atoms with Crippen molar-refractivity contribution in [2.45, 2.75) is 45.6 Å². The zero-order valence-electron chi connectivity index (χ0n) is 10.5. The molecule has 2 atom stereocenters. The number of rotatable bonds is 5. The third-order valence-electron chi connectivity index (χ3n) is 3.65. The van der Waals surface area contributed by atoms with Crippen LogP contribution in [0.15, 0.2) is 12.7 Å². The molecule has 3 nitrogen and oxygen atoms in total. The lowest BCUT2D eigenvalue weighted by atomic mass is 9.83. The van der Waals surface area contributed by atoms with E-state index in [1.54, 1.807) is 6.08 Å². The van der Waals surface area contributed by atoms with Crippen molar-refractivity contribution in [3.05, 3.63) is 12.7 Å². The largest absolute Gasteiger partial charge is 0.338 e. The van der Waals surface area contributed by atoms with E-state index in [-0.39, 0.29) is 17.4 Å². The molecule has 0 spiro atoms. The van der Waals surface area contributed by atoms with Crippen LogP contribution in [0, 0.1) is 5.41 Å². The fraction of sp³-hybridized carbons (Fsp3) is 0.769. The first kappa shape index (κ1) is 13.2. The monoisotopic (exact) mass is 224 g/mol. The van der Waals surface area contributed by atoms with Gasteiger partial charge in [-0.3, -0.25) is 4.79 Å². The van der Waals surface area contributed by atoms with Crippen LogP contribution in [-0.2, 0) is 4.79 Å². The minimum atomic E-state index is -0.349. The molecule has 1 aliphatic rings. The van der Waals surface area contributed by atoms with E-state index in [1.807, 2.05) is 11.8 Å². The zero-order valence-corrected chi connectivity index (χ0v) is 10.5. The molecule has 0 aromatic carbocycles. The molecule has 0 radical (unpaired) electrons. The molecule has 0 aromatic rings. The summed E-state index contributed by atoms with van der Waals surface area (Å²) in [5.74, 6) is 0.208. The van der Waals surface area contributed by atoms with E-state index in [2.05, 4.69) is 13.5 Å². The number of amides is 1. The standard InChI is InChI=1S/C13H24N2O/c1-4-9-15(10-5-2)12(16)13(3)8-6-7-11(13)14/h4,11H,1,5-10,14H2,2-3H3. The van der Waals surface area contributed by atoms with Crippen molar-refractivity contribution >= 4 is 5.91 Å². The summed E-state index contributed by atoms with van der Waals surface area (Å²) in [6.07, 6.45) is 5.72. The molecule has 0 bridgehead atoms. The quantitative estimate of drug-likeness (QED) is 0.725. The highest BCUT2D eigenvalue weighted by Gasteiger charge is 2.44. The van der Waals surface area contributed by atoms with Crippen molar-refractivity contribution in [1.29, 1.82) is 0 Å². The van der Waals surface area contributed by atoms with E-state index in [4.69, 9.17) is 5.73 Å². The van der Waals surface area contributed by atoms with Crippen LogP contribution < -0.4 is 5.73 Å². The molecule has 92 valence electrons. The second-order valence-corrected chi connectivity index (χ2v) is 4.96. The zero-order chi connectivity index (χ0) is 12.2. The van der Waals surface area contributed by atoms with E-state index >= 15 is 0 Å². The van der Waals surface area contributed by atoms with E-state index in [0.717, 1.165) is 32.2 Å². The molecule has 2 N–H and O–H groups in total. The molecule has 1 saturated carbocycles. The summed E-state index contributed by atoms with van der Waals surface area (Å²) in [5.41, 5.74) is 5.72. The molecular weight excluding hydrogens is 200 g/mol. The Balaban J connectivity index is 2.76. The van der Waals surface area contributed by atoms with Crippen LogP contribution in [0.25, 0.3) is 0 Å².